The molecule has 2 rings (SSSR count). The van der Waals surface area contributed by atoms with Gasteiger partial charge in [-0.15, -0.1) is 11.3 Å². The normalized spacial score (nSPS) is 10.2. The second-order valence-corrected chi connectivity index (χ2v) is 4.80. The topological polar surface area (TPSA) is 77.3 Å². The third-order valence-electron chi connectivity index (χ3n) is 2.67. The van der Waals surface area contributed by atoms with Crippen LogP contribution < -0.4 is 10.1 Å². The molecule has 0 radical (unpaired) electrons. The molecule has 0 atom stereocenters. The first-order chi connectivity index (χ1) is 9.11. The third-order valence-corrected chi connectivity index (χ3v) is 3.61. The Labute approximate surface area is 114 Å². The first kappa shape index (κ1) is 13.3. The molecule has 0 aliphatic heterocycles. The number of nitrogens with one attached hydrogen (secondary N) is 1. The summed E-state index contributed by atoms with van der Waals surface area (Å²) in [6, 6.07) is 4.80. The Morgan fingerprint density at radius 1 is 1.53 bits per heavy atom. The minimum absolute atomic E-state index is 0.0477. The van der Waals surface area contributed by atoms with Gasteiger partial charge in [-0.25, -0.2) is 4.98 Å². The van der Waals surface area contributed by atoms with Crippen molar-refractivity contribution in [1.29, 1.82) is 0 Å². The smallest absolute Gasteiger partial charge is 0.312 e. The standard InChI is InChI=1S/C12H13N3O3S/c1-8-12(19-7-14-8)6-13-9-3-4-11(18-2)10(5-9)15(16)17/h3-5,7,13H,6H2,1-2H3. The van der Waals surface area contributed by atoms with Gasteiger partial charge in [0.05, 0.1) is 29.8 Å². The van der Waals surface area contributed by atoms with Gasteiger partial charge in [-0.05, 0) is 19.1 Å². The number of benzene rings is 1. The van der Waals surface area contributed by atoms with Crippen molar-refractivity contribution in [2.75, 3.05) is 12.4 Å². The molecular weight excluding hydrogens is 266 g/mol. The average Bonchev–Trinajstić information content (AvgIpc) is 2.81. The first-order valence-corrected chi connectivity index (χ1v) is 6.45. The number of hydrogen-bond acceptors (Lipinski definition) is 6. The zero-order chi connectivity index (χ0) is 13.8. The summed E-state index contributed by atoms with van der Waals surface area (Å²) in [7, 11) is 1.41. The predicted octanol–water partition coefficient (Wildman–Crippen LogP) is 2.98. The molecule has 6 nitrogen and oxygen atoms in total. The number of nitrogens with zero attached hydrogens (tertiary/aromatic N) is 2. The Morgan fingerprint density at radius 3 is 2.89 bits per heavy atom. The molecule has 0 unspecified atom stereocenters. The SMILES string of the molecule is COc1ccc(NCc2scnc2C)cc1[N+](=O)[O-]. The van der Waals surface area contributed by atoms with E-state index in [9.17, 15) is 10.1 Å². The maximum atomic E-state index is 10.9. The average molecular weight is 279 g/mol. The summed E-state index contributed by atoms with van der Waals surface area (Å²) in [5.41, 5.74) is 3.39. The van der Waals surface area contributed by atoms with Crippen LogP contribution in [0, 0.1) is 17.0 Å². The van der Waals surface area contributed by atoms with Crippen molar-refractivity contribution < 1.29 is 9.66 Å². The molecule has 100 valence electrons. The van der Waals surface area contributed by atoms with Gasteiger partial charge in [-0.1, -0.05) is 0 Å². The molecule has 1 N–H and O–H groups in total. The molecule has 1 heterocycles. The number of nitro groups is 1. The number of ether oxygens (including phenoxy) is 1. The molecule has 0 saturated carbocycles. The number of anilines is 1. The van der Waals surface area contributed by atoms with Gasteiger partial charge >= 0.3 is 5.69 Å². The summed E-state index contributed by atoms with van der Waals surface area (Å²) in [6.07, 6.45) is 0. The molecule has 1 aromatic heterocycles. The Hall–Kier alpha value is -2.15. The number of nitro benzene ring substituents is 1. The van der Waals surface area contributed by atoms with Crippen LogP contribution in [-0.2, 0) is 6.54 Å². The van der Waals surface area contributed by atoms with Crippen LogP contribution in [-0.4, -0.2) is 17.0 Å². The van der Waals surface area contributed by atoms with Gasteiger partial charge in [-0.3, -0.25) is 10.1 Å². The fourth-order valence-electron chi connectivity index (χ4n) is 1.62. The summed E-state index contributed by atoms with van der Waals surface area (Å²) in [5, 5.41) is 14.1. The highest BCUT2D eigenvalue weighted by atomic mass is 32.1. The molecule has 19 heavy (non-hydrogen) atoms. The second kappa shape index (κ2) is 5.66. The molecule has 0 aliphatic carbocycles. The van der Waals surface area contributed by atoms with Gasteiger partial charge in [0.15, 0.2) is 5.75 Å². The van der Waals surface area contributed by atoms with Crippen molar-refractivity contribution >= 4 is 22.7 Å². The van der Waals surface area contributed by atoms with Crippen LogP contribution >= 0.6 is 11.3 Å². The zero-order valence-corrected chi connectivity index (χ0v) is 11.4. The van der Waals surface area contributed by atoms with Crippen LogP contribution in [0.1, 0.15) is 10.6 Å². The van der Waals surface area contributed by atoms with Crippen LogP contribution in [0.5, 0.6) is 5.75 Å². The minimum atomic E-state index is -0.456. The van der Waals surface area contributed by atoms with E-state index in [1.54, 1.807) is 29.0 Å². The van der Waals surface area contributed by atoms with E-state index in [0.29, 0.717) is 12.2 Å². The maximum Gasteiger partial charge on any atom is 0.312 e. The fourth-order valence-corrected chi connectivity index (χ4v) is 2.34. The van der Waals surface area contributed by atoms with Crippen molar-refractivity contribution in [3.05, 3.63) is 44.4 Å². The van der Waals surface area contributed by atoms with Crippen molar-refractivity contribution in [3.8, 4) is 5.75 Å². The fraction of sp³-hybridized carbons (Fsp3) is 0.250. The van der Waals surface area contributed by atoms with E-state index in [1.807, 2.05) is 6.92 Å². The third kappa shape index (κ3) is 3.00. The largest absolute Gasteiger partial charge is 0.490 e. The van der Waals surface area contributed by atoms with E-state index in [-0.39, 0.29) is 11.4 Å². The lowest BCUT2D eigenvalue weighted by Gasteiger charge is -2.07. The predicted molar refractivity (Wildman–Crippen MR) is 73.8 cm³/mol. The van der Waals surface area contributed by atoms with Gasteiger partial charge in [0.2, 0.25) is 0 Å². The number of rotatable bonds is 5. The highest BCUT2D eigenvalue weighted by Crippen LogP contribution is 2.30. The second-order valence-electron chi connectivity index (χ2n) is 3.86. The van der Waals surface area contributed by atoms with Crippen molar-refractivity contribution in [2.24, 2.45) is 0 Å². The number of methoxy groups -OCH3 is 1. The van der Waals surface area contributed by atoms with E-state index in [0.717, 1.165) is 10.6 Å². The monoisotopic (exact) mass is 279 g/mol. The van der Waals surface area contributed by atoms with Gasteiger partial charge in [0.1, 0.15) is 0 Å². The maximum absolute atomic E-state index is 10.9. The summed E-state index contributed by atoms with van der Waals surface area (Å²) in [5.74, 6) is 0.254. The number of aromatic nitrogens is 1. The molecular formula is C12H13N3O3S. The van der Waals surface area contributed by atoms with E-state index in [4.69, 9.17) is 4.74 Å². The lowest BCUT2D eigenvalue weighted by Crippen LogP contribution is -2.01. The molecule has 2 aromatic rings. The van der Waals surface area contributed by atoms with Gasteiger partial charge < -0.3 is 10.1 Å². The van der Waals surface area contributed by atoms with Crippen LogP contribution in [0.3, 0.4) is 0 Å². The molecule has 0 aliphatic rings. The van der Waals surface area contributed by atoms with Gasteiger partial charge in [0.25, 0.3) is 0 Å². The highest BCUT2D eigenvalue weighted by Gasteiger charge is 2.15. The van der Waals surface area contributed by atoms with E-state index in [1.165, 1.54) is 13.2 Å². The summed E-state index contributed by atoms with van der Waals surface area (Å²) in [6.45, 7) is 2.53. The van der Waals surface area contributed by atoms with Crippen LogP contribution in [0.25, 0.3) is 0 Å². The molecule has 0 fully saturated rings. The molecule has 0 saturated heterocycles. The van der Waals surface area contributed by atoms with Crippen molar-refractivity contribution in [3.63, 3.8) is 0 Å². The van der Waals surface area contributed by atoms with Crippen molar-refractivity contribution in [1.82, 2.24) is 4.98 Å². The van der Waals surface area contributed by atoms with Crippen molar-refractivity contribution in [2.45, 2.75) is 13.5 Å². The molecule has 0 bridgehead atoms. The summed E-state index contributed by atoms with van der Waals surface area (Å²) in [4.78, 5) is 15.7. The Bertz CT molecular complexity index is 598. The van der Waals surface area contributed by atoms with Crippen LogP contribution in [0.2, 0.25) is 0 Å². The number of hydrogen-bond donors (Lipinski definition) is 1. The first-order valence-electron chi connectivity index (χ1n) is 5.57. The van der Waals surface area contributed by atoms with E-state index in [2.05, 4.69) is 10.3 Å². The number of thiazole rings is 1. The Kier molecular flexibility index (Phi) is 3.96. The van der Waals surface area contributed by atoms with Gasteiger partial charge in [0, 0.05) is 16.6 Å². The summed E-state index contributed by atoms with van der Waals surface area (Å²) < 4.78 is 4.95. The van der Waals surface area contributed by atoms with Crippen LogP contribution in [0.15, 0.2) is 23.7 Å². The van der Waals surface area contributed by atoms with E-state index >= 15 is 0 Å². The molecule has 1 aromatic carbocycles. The zero-order valence-electron chi connectivity index (χ0n) is 10.5. The highest BCUT2D eigenvalue weighted by molar-refractivity contribution is 7.09. The minimum Gasteiger partial charge on any atom is -0.490 e. The lowest BCUT2D eigenvalue weighted by molar-refractivity contribution is -0.385. The molecule has 0 spiro atoms. The molecule has 7 heteroatoms. The van der Waals surface area contributed by atoms with Gasteiger partial charge in [-0.2, -0.15) is 0 Å². The Balaban J connectivity index is 2.15. The Morgan fingerprint density at radius 2 is 2.32 bits per heavy atom. The van der Waals surface area contributed by atoms with E-state index < -0.39 is 4.92 Å². The molecule has 0 amide bonds. The van der Waals surface area contributed by atoms with Crippen LogP contribution in [0.4, 0.5) is 11.4 Å². The summed E-state index contributed by atoms with van der Waals surface area (Å²) >= 11 is 1.55. The number of aryl methyl sites for hydroxylation is 1. The quantitative estimate of drug-likeness (QED) is 0.672. The lowest BCUT2D eigenvalue weighted by atomic mass is 10.2.